The number of rotatable bonds is 3. The summed E-state index contributed by atoms with van der Waals surface area (Å²) in [7, 11) is 0. The summed E-state index contributed by atoms with van der Waals surface area (Å²) in [6.45, 7) is 0. The van der Waals surface area contributed by atoms with Gasteiger partial charge in [0, 0.05) is 66.6 Å². The third-order valence-electron chi connectivity index (χ3n) is 14.6. The molecule has 8 nitrogen and oxygen atoms in total. The third-order valence-corrected chi connectivity index (χ3v) is 14.6. The van der Waals surface area contributed by atoms with E-state index in [0.717, 1.165) is 117 Å². The minimum atomic E-state index is -0.884. The van der Waals surface area contributed by atoms with Crippen LogP contribution in [0, 0.1) is 22.7 Å². The van der Waals surface area contributed by atoms with Crippen molar-refractivity contribution in [1.29, 1.82) is 10.5 Å². The van der Waals surface area contributed by atoms with Crippen LogP contribution < -0.4 is 4.74 Å². The second-order valence-corrected chi connectivity index (χ2v) is 18.0. The van der Waals surface area contributed by atoms with Crippen LogP contribution in [0.5, 0.6) is 11.5 Å². The molecule has 318 valence electrons. The fraction of sp³-hybridized carbons (Fsp3) is 0.0164. The molecule has 1 aliphatic carbocycles. The molecular weight excluding hydrogens is 847 g/mol. The minimum Gasteiger partial charge on any atom is -0.457 e. The van der Waals surface area contributed by atoms with Crippen LogP contribution in [0.3, 0.4) is 0 Å². The smallest absolute Gasteiger partial charge is 0.132 e. The average Bonchev–Trinajstić information content (AvgIpc) is 4.12. The summed E-state index contributed by atoms with van der Waals surface area (Å²) in [4.78, 5) is 10.4. The van der Waals surface area contributed by atoms with Gasteiger partial charge in [-0.1, -0.05) is 78.9 Å². The topological polar surface area (TPSA) is 97.4 Å². The summed E-state index contributed by atoms with van der Waals surface area (Å²) in [6, 6.07) is 70.1. The van der Waals surface area contributed by atoms with Crippen molar-refractivity contribution in [2.75, 3.05) is 0 Å². The summed E-state index contributed by atoms with van der Waals surface area (Å²) < 4.78 is 13.8. The van der Waals surface area contributed by atoms with E-state index in [0.29, 0.717) is 11.1 Å². The number of hydrogen-bond donors (Lipinski definition) is 0. The maximum Gasteiger partial charge on any atom is 0.132 e. The van der Waals surface area contributed by atoms with Crippen LogP contribution >= 0.6 is 0 Å². The van der Waals surface area contributed by atoms with E-state index in [-0.39, 0.29) is 0 Å². The zero-order chi connectivity index (χ0) is 45.5. The van der Waals surface area contributed by atoms with Crippen molar-refractivity contribution in [3.05, 3.63) is 234 Å². The molecule has 8 aromatic carbocycles. The molecule has 1 unspecified atom stereocenters. The van der Waals surface area contributed by atoms with Gasteiger partial charge in [0.05, 0.1) is 85.1 Å². The van der Waals surface area contributed by atoms with Crippen LogP contribution in [-0.2, 0) is 5.41 Å². The van der Waals surface area contributed by atoms with Gasteiger partial charge in [0.2, 0.25) is 0 Å². The molecule has 0 amide bonds. The number of benzene rings is 8. The monoisotopic (exact) mass is 879 g/mol. The van der Waals surface area contributed by atoms with Crippen LogP contribution in [0.15, 0.2) is 200 Å². The van der Waals surface area contributed by atoms with E-state index in [2.05, 4.69) is 159 Å². The second kappa shape index (κ2) is 13.6. The van der Waals surface area contributed by atoms with Gasteiger partial charge >= 0.3 is 0 Å². The van der Waals surface area contributed by atoms with Crippen LogP contribution in [-0.4, -0.2) is 23.7 Å². The molecule has 5 aromatic heterocycles. The molecule has 1 atom stereocenters. The lowest BCUT2D eigenvalue weighted by Crippen LogP contribution is -2.32. The Morgan fingerprint density at radius 2 is 0.855 bits per heavy atom. The van der Waals surface area contributed by atoms with E-state index >= 15 is 0 Å². The van der Waals surface area contributed by atoms with Crippen molar-refractivity contribution in [2.24, 2.45) is 0 Å². The molecule has 0 fully saturated rings. The lowest BCUT2D eigenvalue weighted by atomic mass is 9.66. The molecule has 8 heteroatoms. The quantitative estimate of drug-likeness (QED) is 0.176. The van der Waals surface area contributed by atoms with E-state index in [4.69, 9.17) is 14.7 Å². The van der Waals surface area contributed by atoms with Gasteiger partial charge in [-0.2, -0.15) is 10.5 Å². The highest BCUT2D eigenvalue weighted by atomic mass is 16.5. The van der Waals surface area contributed by atoms with Crippen LogP contribution in [0.4, 0.5) is 0 Å². The largest absolute Gasteiger partial charge is 0.457 e. The van der Waals surface area contributed by atoms with E-state index in [1.807, 2.05) is 67.0 Å². The lowest BCUT2D eigenvalue weighted by Gasteiger charge is -2.39. The predicted octanol–water partition coefficient (Wildman–Crippen LogP) is 14.0. The molecule has 0 bridgehead atoms. The number of nitriles is 2. The SMILES string of the molecule is N#Cc1ccc2c(c1)c1ccccc1n2-c1cnc2c(c1)C1(c3ccccc3Oc3ccc(-n4c5ccc(C#N)cc5c5cc(-n6c7ccccc7c7ccccc76)ccc54)cc31)c1cccnc1-2. The van der Waals surface area contributed by atoms with Crippen LogP contribution in [0.2, 0.25) is 0 Å². The molecule has 13 aromatic rings. The molecule has 1 spiro atoms. The van der Waals surface area contributed by atoms with E-state index in [1.54, 1.807) is 0 Å². The normalized spacial score (nSPS) is 14.5. The highest BCUT2D eigenvalue weighted by molar-refractivity contribution is 6.13. The molecule has 2 aliphatic rings. The van der Waals surface area contributed by atoms with Gasteiger partial charge in [-0.3, -0.25) is 9.97 Å². The molecule has 0 N–H and O–H groups in total. The number of aromatic nitrogens is 5. The van der Waals surface area contributed by atoms with Gasteiger partial charge in [-0.05, 0) is 115 Å². The number of pyridine rings is 2. The number of nitrogens with zero attached hydrogens (tertiary/aromatic N) is 7. The van der Waals surface area contributed by atoms with Crippen molar-refractivity contribution in [3.63, 3.8) is 0 Å². The third kappa shape index (κ3) is 4.88. The zero-order valence-corrected chi connectivity index (χ0v) is 36.6. The first-order chi connectivity index (χ1) is 34.1. The highest BCUT2D eigenvalue weighted by Gasteiger charge is 2.53. The summed E-state index contributed by atoms with van der Waals surface area (Å²) in [5.41, 5.74) is 15.1. The van der Waals surface area contributed by atoms with E-state index in [9.17, 15) is 10.5 Å². The van der Waals surface area contributed by atoms with Crippen LogP contribution in [0.25, 0.3) is 93.9 Å². The average molecular weight is 880 g/mol. The minimum absolute atomic E-state index is 0.599. The molecule has 0 saturated carbocycles. The van der Waals surface area contributed by atoms with Crippen molar-refractivity contribution >= 4 is 65.4 Å². The standard InChI is InChI=1S/C61H33N7O/c62-33-36-19-23-54-44(28-36)43-12-3-7-17-53(43)68(54)40-32-50-60(65-35-40)59-48(14-9-27-64-59)61(50)47-13-4-8-18-57(47)69-58-26-22-39(31-49(58)61)67-55-24-20-37(34-63)29-45(55)46-30-38(21-25-56(46)67)66-51-15-5-1-10-41(51)42-11-2-6-16-52(42)66/h1-32,35H. The fourth-order valence-corrected chi connectivity index (χ4v) is 11.9. The van der Waals surface area contributed by atoms with Gasteiger partial charge in [0.1, 0.15) is 11.5 Å². The summed E-state index contributed by atoms with van der Waals surface area (Å²) in [6.07, 6.45) is 3.80. The molecule has 15 rings (SSSR count). The Kier molecular flexibility index (Phi) is 7.41. The van der Waals surface area contributed by atoms with Gasteiger partial charge in [0.25, 0.3) is 0 Å². The van der Waals surface area contributed by atoms with E-state index in [1.165, 1.54) is 10.8 Å². The molecule has 1 aliphatic heterocycles. The van der Waals surface area contributed by atoms with Crippen molar-refractivity contribution in [3.8, 4) is 52.1 Å². The molecule has 0 radical (unpaired) electrons. The Balaban J connectivity index is 0.999. The summed E-state index contributed by atoms with van der Waals surface area (Å²) >= 11 is 0. The Labute approximate surface area is 394 Å². The molecule has 69 heavy (non-hydrogen) atoms. The maximum absolute atomic E-state index is 10.2. The van der Waals surface area contributed by atoms with Crippen LogP contribution in [0.1, 0.15) is 33.4 Å². The Morgan fingerprint density at radius 1 is 0.377 bits per heavy atom. The maximum atomic E-state index is 10.2. The number of ether oxygens (including phenoxy) is 1. The summed E-state index contributed by atoms with van der Waals surface area (Å²) in [5, 5.41) is 26.6. The van der Waals surface area contributed by atoms with Gasteiger partial charge in [-0.15, -0.1) is 0 Å². The van der Waals surface area contributed by atoms with E-state index < -0.39 is 5.41 Å². The van der Waals surface area contributed by atoms with Gasteiger partial charge < -0.3 is 18.4 Å². The number of fused-ring (bicyclic) bond motifs is 18. The highest BCUT2D eigenvalue weighted by Crippen LogP contribution is 2.62. The molecule has 0 saturated heterocycles. The first-order valence-electron chi connectivity index (χ1n) is 22.9. The Hall–Kier alpha value is -9.76. The zero-order valence-electron chi connectivity index (χ0n) is 36.6. The van der Waals surface area contributed by atoms with Crippen molar-refractivity contribution in [2.45, 2.75) is 5.41 Å². The first kappa shape index (κ1) is 37.5. The molecule has 6 heterocycles. The molecular formula is C61H33N7O. The van der Waals surface area contributed by atoms with Crippen molar-refractivity contribution < 1.29 is 4.74 Å². The fourth-order valence-electron chi connectivity index (χ4n) is 11.9. The Bertz CT molecular complexity index is 4470. The van der Waals surface area contributed by atoms with Gasteiger partial charge in [-0.25, -0.2) is 0 Å². The number of hydrogen-bond acceptors (Lipinski definition) is 5. The lowest BCUT2D eigenvalue weighted by molar-refractivity contribution is 0.436. The Morgan fingerprint density at radius 3 is 1.54 bits per heavy atom. The summed E-state index contributed by atoms with van der Waals surface area (Å²) in [5.74, 6) is 1.51. The first-order valence-corrected chi connectivity index (χ1v) is 22.9. The predicted molar refractivity (Wildman–Crippen MR) is 272 cm³/mol. The second-order valence-electron chi connectivity index (χ2n) is 18.0. The number of para-hydroxylation sites is 4. The van der Waals surface area contributed by atoms with Gasteiger partial charge in [0.15, 0.2) is 0 Å². The van der Waals surface area contributed by atoms with Crippen molar-refractivity contribution in [1.82, 2.24) is 23.7 Å².